The summed E-state index contributed by atoms with van der Waals surface area (Å²) in [6.45, 7) is 6.81. The molecule has 0 atom stereocenters. The summed E-state index contributed by atoms with van der Waals surface area (Å²) in [5.74, 6) is 1.02. The molecule has 0 amide bonds. The standard InChI is InChI=1S/C24H29N7O3S/c32-35(33)17-29-8-6-28(7-9-29)14-18-15-31-16-22(19-2-1-3-21-20(19)4-5-25-21)27-24(23(31)26-18)30-10-12-34-13-11-30/h1-5,15-16,25,35H,6-14,17H2. The molecule has 2 aliphatic rings. The Morgan fingerprint density at radius 2 is 1.74 bits per heavy atom. The Balaban J connectivity index is 1.34. The maximum atomic E-state index is 11.0. The van der Waals surface area contributed by atoms with Crippen LogP contribution in [0.1, 0.15) is 5.69 Å². The second kappa shape index (κ2) is 9.57. The third-order valence-corrected chi connectivity index (χ3v) is 7.45. The van der Waals surface area contributed by atoms with Crippen molar-refractivity contribution >= 4 is 33.1 Å². The first-order valence-electron chi connectivity index (χ1n) is 12.0. The molecule has 35 heavy (non-hydrogen) atoms. The predicted octanol–water partition coefficient (Wildman–Crippen LogP) is 1.40. The van der Waals surface area contributed by atoms with Crippen LogP contribution in [0.25, 0.3) is 27.8 Å². The molecule has 0 saturated carbocycles. The van der Waals surface area contributed by atoms with E-state index in [-0.39, 0.29) is 5.88 Å². The molecular formula is C24H29N7O3S. The molecule has 2 saturated heterocycles. The Bertz CT molecular complexity index is 1410. The highest BCUT2D eigenvalue weighted by molar-refractivity contribution is 7.72. The molecule has 2 aliphatic heterocycles. The minimum Gasteiger partial charge on any atom is -0.378 e. The lowest BCUT2D eigenvalue weighted by Crippen LogP contribution is -2.46. The molecule has 5 heterocycles. The first-order valence-corrected chi connectivity index (χ1v) is 13.3. The minimum atomic E-state index is -2.37. The van der Waals surface area contributed by atoms with Crippen LogP contribution in [-0.2, 0) is 22.0 Å². The summed E-state index contributed by atoms with van der Waals surface area (Å²) in [6, 6.07) is 8.33. The van der Waals surface area contributed by atoms with Gasteiger partial charge in [0.2, 0.25) is 0 Å². The molecule has 4 aromatic rings. The van der Waals surface area contributed by atoms with E-state index in [1.807, 2.05) is 11.1 Å². The lowest BCUT2D eigenvalue weighted by molar-refractivity contribution is 0.122. The molecular weight excluding hydrogens is 466 g/mol. The van der Waals surface area contributed by atoms with E-state index in [0.717, 1.165) is 85.1 Å². The molecule has 184 valence electrons. The summed E-state index contributed by atoms with van der Waals surface area (Å²) in [5.41, 5.74) is 4.93. The third-order valence-electron chi connectivity index (χ3n) is 6.82. The van der Waals surface area contributed by atoms with Gasteiger partial charge in [-0.25, -0.2) is 18.4 Å². The first-order chi connectivity index (χ1) is 17.1. The molecule has 0 aliphatic carbocycles. The summed E-state index contributed by atoms with van der Waals surface area (Å²) in [6.07, 6.45) is 6.13. The van der Waals surface area contributed by atoms with Crippen molar-refractivity contribution in [3.8, 4) is 11.3 Å². The van der Waals surface area contributed by atoms with Gasteiger partial charge in [0, 0.05) is 80.9 Å². The SMILES string of the molecule is O=[SH](=O)CN1CCN(Cc2cn3cc(-c4cccc5[nH]ccc45)nc(N4CCOCC4)c3n2)CC1. The van der Waals surface area contributed by atoms with Crippen molar-refractivity contribution in [3.05, 3.63) is 48.5 Å². The average Bonchev–Trinajstić information content (AvgIpc) is 3.51. The van der Waals surface area contributed by atoms with Gasteiger partial charge in [0.25, 0.3) is 0 Å². The van der Waals surface area contributed by atoms with Crippen molar-refractivity contribution in [2.24, 2.45) is 0 Å². The number of aromatic nitrogens is 4. The van der Waals surface area contributed by atoms with Crippen molar-refractivity contribution in [1.82, 2.24) is 29.2 Å². The number of hydrogen-bond acceptors (Lipinski definition) is 8. The number of morpholine rings is 1. The van der Waals surface area contributed by atoms with Crippen molar-refractivity contribution in [2.75, 3.05) is 63.3 Å². The van der Waals surface area contributed by atoms with Gasteiger partial charge in [-0.2, -0.15) is 0 Å². The fraction of sp³-hybridized carbons (Fsp3) is 0.417. The highest BCUT2D eigenvalue weighted by Crippen LogP contribution is 2.30. The van der Waals surface area contributed by atoms with Crippen molar-refractivity contribution in [3.63, 3.8) is 0 Å². The molecule has 6 rings (SSSR count). The number of thiol groups is 1. The van der Waals surface area contributed by atoms with Gasteiger partial charge >= 0.3 is 0 Å². The largest absolute Gasteiger partial charge is 0.378 e. The highest BCUT2D eigenvalue weighted by Gasteiger charge is 2.22. The van der Waals surface area contributed by atoms with Crippen molar-refractivity contribution in [1.29, 1.82) is 0 Å². The van der Waals surface area contributed by atoms with Crippen LogP contribution in [0.5, 0.6) is 0 Å². The van der Waals surface area contributed by atoms with Crippen LogP contribution in [-0.4, -0.2) is 95.9 Å². The predicted molar refractivity (Wildman–Crippen MR) is 135 cm³/mol. The quantitative estimate of drug-likeness (QED) is 0.388. The maximum absolute atomic E-state index is 11.0. The maximum Gasteiger partial charge on any atom is 0.180 e. The molecule has 0 bridgehead atoms. The number of hydrogen-bond donors (Lipinski definition) is 2. The smallest absolute Gasteiger partial charge is 0.180 e. The Hall–Kier alpha value is -2.99. The van der Waals surface area contributed by atoms with E-state index in [1.165, 1.54) is 0 Å². The normalized spacial score (nSPS) is 18.3. The summed E-state index contributed by atoms with van der Waals surface area (Å²) in [7, 11) is -2.37. The molecule has 1 N–H and O–H groups in total. The van der Waals surface area contributed by atoms with Crippen molar-refractivity contribution < 1.29 is 13.2 Å². The third kappa shape index (κ3) is 4.64. The van der Waals surface area contributed by atoms with Gasteiger partial charge < -0.3 is 19.0 Å². The first kappa shape index (κ1) is 22.5. The number of rotatable bonds is 6. The molecule has 11 heteroatoms. The highest BCUT2D eigenvalue weighted by atomic mass is 32.2. The number of anilines is 1. The fourth-order valence-corrected chi connectivity index (χ4v) is 5.63. The van der Waals surface area contributed by atoms with E-state index in [1.54, 1.807) is 0 Å². The number of ether oxygens (including phenoxy) is 1. The molecule has 3 aromatic heterocycles. The number of imidazole rings is 1. The van der Waals surface area contributed by atoms with Crippen LogP contribution < -0.4 is 4.90 Å². The molecule has 2 fully saturated rings. The van der Waals surface area contributed by atoms with E-state index in [4.69, 9.17) is 14.7 Å². The van der Waals surface area contributed by atoms with E-state index in [0.29, 0.717) is 13.2 Å². The number of nitrogens with one attached hydrogen (secondary N) is 1. The summed E-state index contributed by atoms with van der Waals surface area (Å²) >= 11 is 0. The summed E-state index contributed by atoms with van der Waals surface area (Å²) < 4.78 is 29.8. The Labute approximate surface area is 205 Å². The molecule has 0 unspecified atom stereocenters. The Morgan fingerprint density at radius 3 is 2.54 bits per heavy atom. The van der Waals surface area contributed by atoms with E-state index < -0.39 is 10.7 Å². The zero-order valence-corrected chi connectivity index (χ0v) is 20.4. The monoisotopic (exact) mass is 495 g/mol. The number of nitrogens with zero attached hydrogens (tertiary/aromatic N) is 6. The number of aromatic amines is 1. The summed E-state index contributed by atoms with van der Waals surface area (Å²) in [4.78, 5) is 20.0. The van der Waals surface area contributed by atoms with Gasteiger partial charge in [-0.15, -0.1) is 0 Å². The van der Waals surface area contributed by atoms with Gasteiger partial charge in [-0.1, -0.05) is 12.1 Å². The number of fused-ring (bicyclic) bond motifs is 2. The Morgan fingerprint density at radius 1 is 0.943 bits per heavy atom. The zero-order valence-electron chi connectivity index (χ0n) is 19.5. The second-order valence-corrected chi connectivity index (χ2v) is 10.1. The van der Waals surface area contributed by atoms with Crippen LogP contribution >= 0.6 is 0 Å². The molecule has 0 spiro atoms. The zero-order chi connectivity index (χ0) is 23.8. The minimum absolute atomic E-state index is 0.142. The number of piperazine rings is 1. The van der Waals surface area contributed by atoms with Gasteiger partial charge in [-0.3, -0.25) is 9.80 Å². The number of benzene rings is 1. The van der Waals surface area contributed by atoms with E-state index in [9.17, 15) is 8.42 Å². The van der Waals surface area contributed by atoms with Gasteiger partial charge in [-0.05, 0) is 12.1 Å². The van der Waals surface area contributed by atoms with Crippen LogP contribution in [0.15, 0.2) is 42.9 Å². The Kier molecular flexibility index (Phi) is 6.15. The lowest BCUT2D eigenvalue weighted by Gasteiger charge is -2.32. The molecule has 10 nitrogen and oxygen atoms in total. The van der Waals surface area contributed by atoms with Crippen LogP contribution in [0.3, 0.4) is 0 Å². The second-order valence-electron chi connectivity index (χ2n) is 9.13. The van der Waals surface area contributed by atoms with Crippen molar-refractivity contribution in [2.45, 2.75) is 6.54 Å². The van der Waals surface area contributed by atoms with Gasteiger partial charge in [0.15, 0.2) is 22.2 Å². The fourth-order valence-electron chi connectivity index (χ4n) is 5.02. The van der Waals surface area contributed by atoms with Gasteiger partial charge in [0.05, 0.1) is 30.5 Å². The van der Waals surface area contributed by atoms with Crippen LogP contribution in [0.2, 0.25) is 0 Å². The van der Waals surface area contributed by atoms with E-state index >= 15 is 0 Å². The molecule has 1 aromatic carbocycles. The number of H-pyrrole nitrogens is 1. The van der Waals surface area contributed by atoms with E-state index in [2.05, 4.69) is 55.8 Å². The summed E-state index contributed by atoms with van der Waals surface area (Å²) in [5, 5.41) is 1.14. The topological polar surface area (TPSA) is 99.1 Å². The average molecular weight is 496 g/mol. The lowest BCUT2D eigenvalue weighted by atomic mass is 10.1. The van der Waals surface area contributed by atoms with Crippen LogP contribution in [0.4, 0.5) is 5.82 Å². The van der Waals surface area contributed by atoms with Gasteiger partial charge in [0.1, 0.15) is 0 Å². The van der Waals surface area contributed by atoms with Crippen LogP contribution in [0, 0.1) is 0 Å². The molecule has 0 radical (unpaired) electrons.